The van der Waals surface area contributed by atoms with E-state index in [1.54, 1.807) is 11.0 Å². The van der Waals surface area contributed by atoms with Crippen LogP contribution in [-0.2, 0) is 4.79 Å². The van der Waals surface area contributed by atoms with Crippen LogP contribution in [0.25, 0.3) is 22.1 Å². The molecule has 0 spiro atoms. The number of piperazine rings is 1. The van der Waals surface area contributed by atoms with Crippen LogP contribution in [0.15, 0.2) is 24.5 Å². The summed E-state index contributed by atoms with van der Waals surface area (Å²) in [6, 6.07) is 3.35. The van der Waals surface area contributed by atoms with Gasteiger partial charge in [0.15, 0.2) is 11.5 Å². The van der Waals surface area contributed by atoms with E-state index in [4.69, 9.17) is 5.73 Å². The molecule has 0 radical (unpaired) electrons. The number of nitrogen functional groups attached to an aromatic ring is 1. The first-order valence-electron chi connectivity index (χ1n) is 10.8. The van der Waals surface area contributed by atoms with Crippen LogP contribution in [0, 0.1) is 11.6 Å². The van der Waals surface area contributed by atoms with Gasteiger partial charge in [0.1, 0.15) is 23.0 Å². The zero-order valence-electron chi connectivity index (χ0n) is 18.6. The first kappa shape index (κ1) is 21.7. The van der Waals surface area contributed by atoms with Gasteiger partial charge in [0.2, 0.25) is 11.9 Å². The highest BCUT2D eigenvalue weighted by atomic mass is 19.1. The molecule has 0 bridgehead atoms. The maximum Gasteiger partial charge on any atom is 0.224 e. The van der Waals surface area contributed by atoms with Gasteiger partial charge in [-0.2, -0.15) is 9.97 Å². The summed E-state index contributed by atoms with van der Waals surface area (Å²) in [5, 5.41) is 3.51. The number of benzene rings is 1. The Labute approximate surface area is 193 Å². The molecular formula is C22H23F2N9O. The van der Waals surface area contributed by atoms with Crippen LogP contribution in [0.4, 0.5) is 26.4 Å². The lowest BCUT2D eigenvalue weighted by molar-refractivity contribution is -0.129. The van der Waals surface area contributed by atoms with Crippen LogP contribution in [-0.4, -0.2) is 61.9 Å². The number of anilines is 3. The summed E-state index contributed by atoms with van der Waals surface area (Å²) in [6.45, 7) is 5.58. The Bertz CT molecular complexity index is 1400. The van der Waals surface area contributed by atoms with Gasteiger partial charge in [-0.1, -0.05) is 0 Å². The minimum absolute atomic E-state index is 0.00967. The Hall–Kier alpha value is -4.09. The fourth-order valence-corrected chi connectivity index (χ4v) is 4.25. The number of carbonyl (C=O) groups excluding carboxylic acids is 1. The third-order valence-electron chi connectivity index (χ3n) is 6.00. The van der Waals surface area contributed by atoms with E-state index in [1.165, 1.54) is 19.3 Å². The highest BCUT2D eigenvalue weighted by Gasteiger charge is 2.25. The van der Waals surface area contributed by atoms with Gasteiger partial charge in [-0.3, -0.25) is 4.79 Å². The molecule has 0 unspecified atom stereocenters. The Morgan fingerprint density at radius 2 is 1.91 bits per heavy atom. The highest BCUT2D eigenvalue weighted by molar-refractivity contribution is 5.85. The van der Waals surface area contributed by atoms with E-state index < -0.39 is 11.6 Å². The van der Waals surface area contributed by atoms with Crippen LogP contribution in [0.1, 0.15) is 25.5 Å². The lowest BCUT2D eigenvalue weighted by Crippen LogP contribution is -2.48. The Kier molecular flexibility index (Phi) is 5.34. The van der Waals surface area contributed by atoms with Gasteiger partial charge in [-0.15, -0.1) is 0 Å². The average Bonchev–Trinajstić information content (AvgIpc) is 3.27. The molecule has 0 saturated carbocycles. The number of H-pyrrole nitrogens is 1. The summed E-state index contributed by atoms with van der Waals surface area (Å²) in [6.07, 6.45) is 1.50. The summed E-state index contributed by atoms with van der Waals surface area (Å²) in [7, 11) is 0. The summed E-state index contributed by atoms with van der Waals surface area (Å²) < 4.78 is 28.6. The molecule has 4 N–H and O–H groups in total. The van der Waals surface area contributed by atoms with Crippen molar-refractivity contribution in [1.82, 2.24) is 29.8 Å². The third kappa shape index (κ3) is 3.91. The van der Waals surface area contributed by atoms with E-state index in [0.29, 0.717) is 54.5 Å². The van der Waals surface area contributed by atoms with Gasteiger partial charge in [0.25, 0.3) is 0 Å². The molecule has 0 aliphatic carbocycles. The minimum Gasteiger partial charge on any atom is -0.368 e. The van der Waals surface area contributed by atoms with E-state index in [9.17, 15) is 13.6 Å². The molecule has 1 amide bonds. The number of carbonyl (C=O) groups is 1. The monoisotopic (exact) mass is 467 g/mol. The summed E-state index contributed by atoms with van der Waals surface area (Å²) in [4.78, 5) is 35.7. The van der Waals surface area contributed by atoms with Crippen molar-refractivity contribution in [2.45, 2.75) is 19.9 Å². The van der Waals surface area contributed by atoms with Gasteiger partial charge in [0.05, 0.1) is 17.9 Å². The van der Waals surface area contributed by atoms with Crippen molar-refractivity contribution in [3.05, 3.63) is 41.7 Å². The average molecular weight is 467 g/mol. The second-order valence-corrected chi connectivity index (χ2v) is 8.25. The number of hydrogen-bond acceptors (Lipinski definition) is 8. The number of nitrogens with one attached hydrogen (secondary N) is 2. The highest BCUT2D eigenvalue weighted by Crippen LogP contribution is 2.33. The van der Waals surface area contributed by atoms with Crippen molar-refractivity contribution in [3.63, 3.8) is 0 Å². The Balaban J connectivity index is 1.57. The van der Waals surface area contributed by atoms with Gasteiger partial charge in [-0.25, -0.2) is 18.7 Å². The van der Waals surface area contributed by atoms with Crippen LogP contribution in [0.5, 0.6) is 0 Å². The predicted molar refractivity (Wildman–Crippen MR) is 124 cm³/mol. The van der Waals surface area contributed by atoms with Gasteiger partial charge < -0.3 is 25.8 Å². The zero-order chi connectivity index (χ0) is 24.0. The van der Waals surface area contributed by atoms with E-state index in [2.05, 4.69) is 30.2 Å². The molecule has 1 aliphatic heterocycles. The van der Waals surface area contributed by atoms with Crippen LogP contribution < -0.4 is 16.0 Å². The van der Waals surface area contributed by atoms with Crippen molar-refractivity contribution >= 4 is 45.6 Å². The Morgan fingerprint density at radius 1 is 1.15 bits per heavy atom. The number of imidazole rings is 1. The second-order valence-electron chi connectivity index (χ2n) is 8.25. The molecule has 5 rings (SSSR count). The van der Waals surface area contributed by atoms with Crippen LogP contribution in [0.3, 0.4) is 0 Å². The maximum atomic E-state index is 14.6. The maximum absolute atomic E-state index is 14.6. The molecule has 1 atom stereocenters. The quantitative estimate of drug-likeness (QED) is 0.418. The SMILES string of the molecule is CC(=O)N1CCN(c2nc3cc(F)cc(F)c3cc2[C@H](C)Nc2nc(N)nc3nc[nH]c23)CC1. The smallest absolute Gasteiger partial charge is 0.224 e. The third-order valence-corrected chi connectivity index (χ3v) is 6.00. The molecule has 12 heteroatoms. The van der Waals surface area contributed by atoms with E-state index in [1.807, 2.05) is 11.8 Å². The number of nitrogens with two attached hydrogens (primary N) is 1. The standard InChI is InChI=1S/C22H23F2N9O/c1-11(28-20-18-19(27-10-26-18)30-22(25)31-20)14-9-15-16(24)7-13(23)8-17(15)29-21(14)33-5-3-32(4-6-33)12(2)34/h7-11H,3-6H2,1-2H3,(H4,25,26,27,28,30,31)/t11-/m0/s1. The topological polar surface area (TPSA) is 129 Å². The van der Waals surface area contributed by atoms with Gasteiger partial charge in [0, 0.05) is 56.2 Å². The van der Waals surface area contributed by atoms with E-state index in [-0.39, 0.29) is 28.8 Å². The molecule has 1 saturated heterocycles. The number of hydrogen-bond donors (Lipinski definition) is 3. The normalized spacial score (nSPS) is 15.2. The molecule has 4 aromatic rings. The molecule has 176 valence electrons. The number of nitrogens with zero attached hydrogens (tertiary/aromatic N) is 6. The van der Waals surface area contributed by atoms with Crippen molar-refractivity contribution in [2.24, 2.45) is 0 Å². The van der Waals surface area contributed by atoms with Gasteiger partial charge >= 0.3 is 0 Å². The van der Waals surface area contributed by atoms with Crippen molar-refractivity contribution in [1.29, 1.82) is 0 Å². The second kappa shape index (κ2) is 8.36. The molecular weight excluding hydrogens is 444 g/mol. The first-order chi connectivity index (χ1) is 16.3. The molecule has 1 aliphatic rings. The molecule has 1 aromatic carbocycles. The number of rotatable bonds is 4. The molecule has 3 aromatic heterocycles. The lowest BCUT2D eigenvalue weighted by atomic mass is 10.0. The number of halogens is 2. The number of fused-ring (bicyclic) bond motifs is 2. The number of amides is 1. The minimum atomic E-state index is -0.693. The fourth-order valence-electron chi connectivity index (χ4n) is 4.25. The lowest BCUT2D eigenvalue weighted by Gasteiger charge is -2.36. The molecule has 1 fully saturated rings. The van der Waals surface area contributed by atoms with Crippen molar-refractivity contribution in [3.8, 4) is 0 Å². The molecule has 10 nitrogen and oxygen atoms in total. The molecule has 4 heterocycles. The first-order valence-corrected chi connectivity index (χ1v) is 10.8. The van der Waals surface area contributed by atoms with Gasteiger partial charge in [-0.05, 0) is 13.0 Å². The van der Waals surface area contributed by atoms with Crippen molar-refractivity contribution in [2.75, 3.05) is 42.1 Å². The summed E-state index contributed by atoms with van der Waals surface area (Å²) >= 11 is 0. The Morgan fingerprint density at radius 3 is 2.65 bits per heavy atom. The number of aromatic nitrogens is 5. The van der Waals surface area contributed by atoms with Crippen LogP contribution >= 0.6 is 0 Å². The molecule has 34 heavy (non-hydrogen) atoms. The van der Waals surface area contributed by atoms with E-state index >= 15 is 0 Å². The van der Waals surface area contributed by atoms with E-state index in [0.717, 1.165) is 6.07 Å². The largest absolute Gasteiger partial charge is 0.368 e. The van der Waals surface area contributed by atoms with Crippen molar-refractivity contribution < 1.29 is 13.6 Å². The summed E-state index contributed by atoms with van der Waals surface area (Å²) in [5.41, 5.74) is 7.75. The fraction of sp³-hybridized carbons (Fsp3) is 0.318. The number of aromatic amines is 1. The number of pyridine rings is 1. The summed E-state index contributed by atoms with van der Waals surface area (Å²) in [5.74, 6) is -0.278. The van der Waals surface area contributed by atoms with Crippen LogP contribution in [0.2, 0.25) is 0 Å². The zero-order valence-corrected chi connectivity index (χ0v) is 18.6. The predicted octanol–water partition coefficient (Wildman–Crippen LogP) is 2.60.